The van der Waals surface area contributed by atoms with Crippen molar-refractivity contribution in [3.05, 3.63) is 96.2 Å². The molecule has 128 valence electrons. The summed E-state index contributed by atoms with van der Waals surface area (Å²) < 4.78 is 3.93. The molecule has 26 heavy (non-hydrogen) atoms. The van der Waals surface area contributed by atoms with E-state index in [0.717, 1.165) is 22.1 Å². The number of para-hydroxylation sites is 1. The van der Waals surface area contributed by atoms with Crippen molar-refractivity contribution in [3.8, 4) is 0 Å². The van der Waals surface area contributed by atoms with Gasteiger partial charge in [0.25, 0.3) is 0 Å². The normalized spacial score (nSPS) is 12.7. The third kappa shape index (κ3) is 3.32. The number of aromatic nitrogens is 4. The molecule has 2 heterocycles. The van der Waals surface area contributed by atoms with Gasteiger partial charge in [0, 0.05) is 12.4 Å². The quantitative estimate of drug-likeness (QED) is 0.568. The molecule has 5 heteroatoms. The molecule has 0 amide bonds. The molecule has 0 unspecified atom stereocenters. The molecule has 0 bridgehead atoms. The molecule has 0 saturated carbocycles. The smallest absolute Gasteiger partial charge is 0.133 e. The van der Waals surface area contributed by atoms with Crippen LogP contribution < -0.4 is 5.49 Å². The van der Waals surface area contributed by atoms with E-state index in [-0.39, 0.29) is 0 Å². The molecule has 4 rings (SSSR count). The van der Waals surface area contributed by atoms with Crippen molar-refractivity contribution < 1.29 is 0 Å². The SMILES string of the molecule is CC(=CN=c1ccccn1Cn1nnc2ccccc21)c1ccccc1. The maximum Gasteiger partial charge on any atom is 0.133 e. The second-order valence-corrected chi connectivity index (χ2v) is 6.05. The third-order valence-electron chi connectivity index (χ3n) is 4.24. The Morgan fingerprint density at radius 2 is 1.73 bits per heavy atom. The van der Waals surface area contributed by atoms with Gasteiger partial charge in [-0.3, -0.25) is 0 Å². The van der Waals surface area contributed by atoms with Gasteiger partial charge in [-0.1, -0.05) is 53.7 Å². The van der Waals surface area contributed by atoms with Gasteiger partial charge in [-0.2, -0.15) is 0 Å². The van der Waals surface area contributed by atoms with Gasteiger partial charge in [-0.25, -0.2) is 9.67 Å². The van der Waals surface area contributed by atoms with Crippen molar-refractivity contribution in [2.75, 3.05) is 0 Å². The summed E-state index contributed by atoms with van der Waals surface area (Å²) in [4.78, 5) is 4.68. The third-order valence-corrected chi connectivity index (χ3v) is 4.24. The summed E-state index contributed by atoms with van der Waals surface area (Å²) >= 11 is 0. The van der Waals surface area contributed by atoms with Gasteiger partial charge in [0.05, 0.1) is 5.52 Å². The Labute approximate surface area is 151 Å². The molecule has 5 nitrogen and oxygen atoms in total. The van der Waals surface area contributed by atoms with Gasteiger partial charge in [0.2, 0.25) is 0 Å². The van der Waals surface area contributed by atoms with Gasteiger partial charge in [0.1, 0.15) is 17.7 Å². The zero-order valence-electron chi connectivity index (χ0n) is 14.5. The first-order chi connectivity index (χ1) is 12.8. The zero-order valence-corrected chi connectivity index (χ0v) is 14.5. The van der Waals surface area contributed by atoms with E-state index in [4.69, 9.17) is 0 Å². The molecular formula is C21H19N5. The fourth-order valence-electron chi connectivity index (χ4n) is 2.81. The van der Waals surface area contributed by atoms with Gasteiger partial charge >= 0.3 is 0 Å². The molecule has 0 radical (unpaired) electrons. The van der Waals surface area contributed by atoms with E-state index in [2.05, 4.69) is 38.9 Å². The summed E-state index contributed by atoms with van der Waals surface area (Å²) in [5, 5.41) is 8.48. The van der Waals surface area contributed by atoms with E-state index in [9.17, 15) is 0 Å². The van der Waals surface area contributed by atoms with Crippen molar-refractivity contribution in [1.29, 1.82) is 0 Å². The lowest BCUT2D eigenvalue weighted by molar-refractivity contribution is 0.527. The van der Waals surface area contributed by atoms with E-state index < -0.39 is 0 Å². The molecule has 0 spiro atoms. The van der Waals surface area contributed by atoms with Crippen molar-refractivity contribution in [2.45, 2.75) is 13.6 Å². The van der Waals surface area contributed by atoms with Crippen LogP contribution in [0.15, 0.2) is 90.2 Å². The molecule has 0 saturated heterocycles. The lowest BCUT2D eigenvalue weighted by atomic mass is 10.1. The summed E-state index contributed by atoms with van der Waals surface area (Å²) in [6, 6.07) is 24.2. The van der Waals surface area contributed by atoms with E-state index in [1.807, 2.05) is 77.7 Å². The van der Waals surface area contributed by atoms with Crippen LogP contribution in [0, 0.1) is 0 Å². The standard InChI is InChI=1S/C21H19N5/c1-17(18-9-3-2-4-10-18)15-22-21-13-7-8-14-25(21)16-26-20-12-6-5-11-19(20)23-24-26/h2-15H,16H2,1H3. The molecule has 0 aliphatic heterocycles. The Balaban J connectivity index is 1.69. The molecular weight excluding hydrogens is 322 g/mol. The van der Waals surface area contributed by atoms with Crippen molar-refractivity contribution >= 4 is 16.6 Å². The minimum atomic E-state index is 0.554. The largest absolute Gasteiger partial charge is 0.313 e. The van der Waals surface area contributed by atoms with E-state index in [1.165, 1.54) is 5.56 Å². The molecule has 0 fully saturated rings. The van der Waals surface area contributed by atoms with E-state index >= 15 is 0 Å². The zero-order chi connectivity index (χ0) is 17.8. The minimum Gasteiger partial charge on any atom is -0.313 e. The van der Waals surface area contributed by atoms with Gasteiger partial charge in [-0.15, -0.1) is 5.10 Å². The number of allylic oxidation sites excluding steroid dienone is 1. The van der Waals surface area contributed by atoms with Gasteiger partial charge < -0.3 is 4.57 Å². The first-order valence-electron chi connectivity index (χ1n) is 8.51. The van der Waals surface area contributed by atoms with Crippen LogP contribution in [0.1, 0.15) is 12.5 Å². The first-order valence-corrected chi connectivity index (χ1v) is 8.51. The van der Waals surface area contributed by atoms with Gasteiger partial charge in [-0.05, 0) is 42.3 Å². The Kier molecular flexibility index (Phi) is 4.43. The highest BCUT2D eigenvalue weighted by Crippen LogP contribution is 2.12. The summed E-state index contributed by atoms with van der Waals surface area (Å²) in [7, 11) is 0. The monoisotopic (exact) mass is 341 g/mol. The number of rotatable bonds is 4. The Morgan fingerprint density at radius 3 is 2.62 bits per heavy atom. The highest BCUT2D eigenvalue weighted by atomic mass is 15.5. The average molecular weight is 341 g/mol. The summed E-state index contributed by atoms with van der Waals surface area (Å²) in [5.41, 5.74) is 5.05. The Hall–Kier alpha value is -3.47. The predicted octanol–water partition coefficient (Wildman–Crippen LogP) is 3.70. The van der Waals surface area contributed by atoms with Crippen LogP contribution in [-0.2, 0) is 6.67 Å². The van der Waals surface area contributed by atoms with E-state index in [1.54, 1.807) is 0 Å². The Bertz CT molecular complexity index is 1120. The molecule has 4 aromatic rings. The average Bonchev–Trinajstić information content (AvgIpc) is 3.11. The Morgan fingerprint density at radius 1 is 0.962 bits per heavy atom. The second-order valence-electron chi connectivity index (χ2n) is 6.05. The number of hydrogen-bond acceptors (Lipinski definition) is 3. The number of nitrogens with zero attached hydrogens (tertiary/aromatic N) is 5. The first kappa shape index (κ1) is 16.0. The molecule has 0 aliphatic carbocycles. The van der Waals surface area contributed by atoms with Crippen molar-refractivity contribution in [1.82, 2.24) is 19.6 Å². The molecule has 2 aromatic heterocycles. The lowest BCUT2D eigenvalue weighted by Crippen LogP contribution is -2.23. The summed E-state index contributed by atoms with van der Waals surface area (Å²) in [5.74, 6) is 0. The summed E-state index contributed by atoms with van der Waals surface area (Å²) in [6.45, 7) is 2.62. The second kappa shape index (κ2) is 7.19. The lowest BCUT2D eigenvalue weighted by Gasteiger charge is -2.07. The molecule has 2 aromatic carbocycles. The minimum absolute atomic E-state index is 0.554. The van der Waals surface area contributed by atoms with Crippen LogP contribution >= 0.6 is 0 Å². The molecule has 0 atom stereocenters. The maximum absolute atomic E-state index is 4.68. The predicted molar refractivity (Wildman–Crippen MR) is 103 cm³/mol. The van der Waals surface area contributed by atoms with Crippen LogP contribution in [0.5, 0.6) is 0 Å². The van der Waals surface area contributed by atoms with Crippen LogP contribution in [0.4, 0.5) is 0 Å². The van der Waals surface area contributed by atoms with Crippen LogP contribution in [-0.4, -0.2) is 19.6 Å². The van der Waals surface area contributed by atoms with Crippen molar-refractivity contribution in [3.63, 3.8) is 0 Å². The fraction of sp³-hybridized carbons (Fsp3) is 0.0952. The van der Waals surface area contributed by atoms with Crippen molar-refractivity contribution in [2.24, 2.45) is 4.99 Å². The molecule has 0 aliphatic rings. The van der Waals surface area contributed by atoms with Gasteiger partial charge in [0.15, 0.2) is 0 Å². The number of fused-ring (bicyclic) bond motifs is 1. The topological polar surface area (TPSA) is 48.0 Å². The summed E-state index contributed by atoms with van der Waals surface area (Å²) in [6.07, 6.45) is 3.90. The van der Waals surface area contributed by atoms with Crippen LogP contribution in [0.3, 0.4) is 0 Å². The van der Waals surface area contributed by atoms with Crippen LogP contribution in [0.25, 0.3) is 16.6 Å². The molecule has 0 N–H and O–H groups in total. The number of benzene rings is 2. The fourth-order valence-corrected chi connectivity index (χ4v) is 2.81. The van der Waals surface area contributed by atoms with E-state index in [0.29, 0.717) is 6.67 Å². The number of hydrogen-bond donors (Lipinski definition) is 0. The van der Waals surface area contributed by atoms with Crippen LogP contribution in [0.2, 0.25) is 0 Å². The highest BCUT2D eigenvalue weighted by molar-refractivity contribution is 5.73. The highest BCUT2D eigenvalue weighted by Gasteiger charge is 2.03. The maximum atomic E-state index is 4.68. The number of pyridine rings is 1.